The molecule has 23 heavy (non-hydrogen) atoms. The average molecular weight is 319 g/mol. The van der Waals surface area contributed by atoms with Gasteiger partial charge in [0.25, 0.3) is 5.91 Å². The van der Waals surface area contributed by atoms with Crippen LogP contribution >= 0.6 is 0 Å². The van der Waals surface area contributed by atoms with Gasteiger partial charge in [0.05, 0.1) is 18.2 Å². The van der Waals surface area contributed by atoms with Crippen molar-refractivity contribution in [3.8, 4) is 0 Å². The van der Waals surface area contributed by atoms with Crippen molar-refractivity contribution in [1.82, 2.24) is 5.32 Å². The molecule has 2 rings (SSSR count). The highest BCUT2D eigenvalue weighted by molar-refractivity contribution is 5.94. The highest BCUT2D eigenvalue weighted by Crippen LogP contribution is 2.18. The molecule has 0 bridgehead atoms. The number of hydrogen-bond donors (Lipinski definition) is 1. The Morgan fingerprint density at radius 3 is 2.09 bits per heavy atom. The molecule has 0 heterocycles. The number of esters is 2. The fourth-order valence-electron chi connectivity index (χ4n) is 2.53. The molecule has 1 saturated carbocycles. The summed E-state index contributed by atoms with van der Waals surface area (Å²) >= 11 is 0. The molecule has 0 radical (unpaired) electrons. The molecule has 1 aliphatic rings. The van der Waals surface area contributed by atoms with Gasteiger partial charge < -0.3 is 14.8 Å². The number of amides is 1. The van der Waals surface area contributed by atoms with Gasteiger partial charge in [0.2, 0.25) is 0 Å². The van der Waals surface area contributed by atoms with Crippen LogP contribution in [0.4, 0.5) is 0 Å². The van der Waals surface area contributed by atoms with Crippen LogP contribution in [0.2, 0.25) is 0 Å². The summed E-state index contributed by atoms with van der Waals surface area (Å²) < 4.78 is 9.76. The van der Waals surface area contributed by atoms with E-state index in [0.29, 0.717) is 5.56 Å². The van der Waals surface area contributed by atoms with Crippen molar-refractivity contribution in [1.29, 1.82) is 0 Å². The fourth-order valence-corrected chi connectivity index (χ4v) is 2.53. The number of benzene rings is 1. The molecule has 6 nitrogen and oxygen atoms in total. The molecule has 1 amide bonds. The van der Waals surface area contributed by atoms with Gasteiger partial charge >= 0.3 is 11.9 Å². The van der Waals surface area contributed by atoms with Gasteiger partial charge in [0, 0.05) is 6.04 Å². The summed E-state index contributed by atoms with van der Waals surface area (Å²) in [7, 11) is 1.29. The van der Waals surface area contributed by atoms with Gasteiger partial charge in [-0.1, -0.05) is 12.8 Å². The molecule has 1 N–H and O–H groups in total. The molecule has 1 aromatic carbocycles. The van der Waals surface area contributed by atoms with Crippen LogP contribution in [0.3, 0.4) is 0 Å². The van der Waals surface area contributed by atoms with Crippen LogP contribution < -0.4 is 5.32 Å². The minimum atomic E-state index is -0.858. The van der Waals surface area contributed by atoms with Gasteiger partial charge in [0.1, 0.15) is 0 Å². The maximum Gasteiger partial charge on any atom is 0.338 e. The Kier molecular flexibility index (Phi) is 5.73. The first-order valence-electron chi connectivity index (χ1n) is 7.71. The van der Waals surface area contributed by atoms with Crippen molar-refractivity contribution >= 4 is 17.8 Å². The highest BCUT2D eigenvalue weighted by Gasteiger charge is 2.23. The number of hydrogen-bond acceptors (Lipinski definition) is 5. The maximum absolute atomic E-state index is 12.0. The van der Waals surface area contributed by atoms with Crippen molar-refractivity contribution in [3.63, 3.8) is 0 Å². The van der Waals surface area contributed by atoms with Gasteiger partial charge in [-0.25, -0.2) is 9.59 Å². The zero-order valence-electron chi connectivity index (χ0n) is 13.3. The second-order valence-electron chi connectivity index (χ2n) is 5.61. The largest absolute Gasteiger partial charge is 0.465 e. The molecule has 0 aliphatic heterocycles. The van der Waals surface area contributed by atoms with E-state index in [-0.39, 0.29) is 17.5 Å². The zero-order chi connectivity index (χ0) is 16.8. The lowest BCUT2D eigenvalue weighted by Gasteiger charge is -2.17. The fraction of sp³-hybridized carbons (Fsp3) is 0.471. The first-order valence-corrected chi connectivity index (χ1v) is 7.71. The molecule has 0 unspecified atom stereocenters. The van der Waals surface area contributed by atoms with E-state index < -0.39 is 18.0 Å². The van der Waals surface area contributed by atoms with Crippen molar-refractivity contribution in [2.75, 3.05) is 7.11 Å². The van der Waals surface area contributed by atoms with E-state index in [1.165, 1.54) is 31.4 Å². The van der Waals surface area contributed by atoms with Crippen LogP contribution in [0.25, 0.3) is 0 Å². The van der Waals surface area contributed by atoms with E-state index in [0.717, 1.165) is 25.7 Å². The standard InChI is InChI=1S/C17H21NO5/c1-11(15(19)18-14-5-3-4-6-14)23-17(21)13-9-7-12(8-10-13)16(20)22-2/h7-11,14H,3-6H2,1-2H3,(H,18,19)/t11-/m0/s1. The lowest BCUT2D eigenvalue weighted by atomic mass is 10.1. The van der Waals surface area contributed by atoms with E-state index in [1.807, 2.05) is 0 Å². The van der Waals surface area contributed by atoms with Crippen LogP contribution in [0.5, 0.6) is 0 Å². The van der Waals surface area contributed by atoms with E-state index in [2.05, 4.69) is 10.1 Å². The number of rotatable bonds is 5. The quantitative estimate of drug-likeness (QED) is 0.840. The van der Waals surface area contributed by atoms with Crippen LogP contribution in [-0.2, 0) is 14.3 Å². The molecule has 124 valence electrons. The molecule has 6 heteroatoms. The Hall–Kier alpha value is -2.37. The molecular formula is C17H21NO5. The molecule has 1 fully saturated rings. The van der Waals surface area contributed by atoms with Crippen molar-refractivity contribution < 1.29 is 23.9 Å². The predicted molar refractivity (Wildman–Crippen MR) is 83.1 cm³/mol. The third-order valence-electron chi connectivity index (χ3n) is 3.90. The summed E-state index contributed by atoms with van der Waals surface area (Å²) in [5.74, 6) is -1.36. The Balaban J connectivity index is 1.89. The third-order valence-corrected chi connectivity index (χ3v) is 3.90. The van der Waals surface area contributed by atoms with Crippen molar-refractivity contribution in [2.45, 2.75) is 44.8 Å². The minimum Gasteiger partial charge on any atom is -0.465 e. The Bertz CT molecular complexity index is 575. The lowest BCUT2D eigenvalue weighted by Crippen LogP contribution is -2.40. The van der Waals surface area contributed by atoms with E-state index >= 15 is 0 Å². The molecule has 1 aromatic rings. The normalized spacial score (nSPS) is 15.7. The number of carbonyl (C=O) groups is 3. The Morgan fingerprint density at radius 1 is 1.04 bits per heavy atom. The van der Waals surface area contributed by atoms with E-state index in [4.69, 9.17) is 4.74 Å². The van der Waals surface area contributed by atoms with Crippen molar-refractivity contribution in [2.24, 2.45) is 0 Å². The van der Waals surface area contributed by atoms with Crippen molar-refractivity contribution in [3.05, 3.63) is 35.4 Å². The molecule has 1 aliphatic carbocycles. The Labute approximate surface area is 135 Å². The number of methoxy groups -OCH3 is 1. The number of nitrogens with one attached hydrogen (secondary N) is 1. The first-order chi connectivity index (χ1) is 11.0. The van der Waals surface area contributed by atoms with E-state index in [9.17, 15) is 14.4 Å². The van der Waals surface area contributed by atoms with Crippen LogP contribution in [-0.4, -0.2) is 37.1 Å². The second kappa shape index (κ2) is 7.76. The lowest BCUT2D eigenvalue weighted by molar-refractivity contribution is -0.129. The third kappa shape index (κ3) is 4.55. The summed E-state index contributed by atoms with van der Waals surface area (Å²) in [5.41, 5.74) is 0.620. The Morgan fingerprint density at radius 2 is 1.57 bits per heavy atom. The highest BCUT2D eigenvalue weighted by atomic mass is 16.5. The summed E-state index contributed by atoms with van der Waals surface area (Å²) in [5, 5.41) is 2.89. The average Bonchev–Trinajstić information content (AvgIpc) is 3.07. The molecule has 0 spiro atoms. The zero-order valence-corrected chi connectivity index (χ0v) is 13.3. The van der Waals surface area contributed by atoms with Crippen LogP contribution in [0, 0.1) is 0 Å². The number of ether oxygens (including phenoxy) is 2. The maximum atomic E-state index is 12.0. The van der Waals surface area contributed by atoms with Gasteiger partial charge in [-0.05, 0) is 44.0 Å². The molecule has 0 saturated heterocycles. The topological polar surface area (TPSA) is 81.7 Å². The van der Waals surface area contributed by atoms with Gasteiger partial charge in [-0.15, -0.1) is 0 Å². The molecule has 0 aromatic heterocycles. The number of carbonyl (C=O) groups excluding carboxylic acids is 3. The monoisotopic (exact) mass is 319 g/mol. The van der Waals surface area contributed by atoms with Gasteiger partial charge in [0.15, 0.2) is 6.10 Å². The van der Waals surface area contributed by atoms with Crippen LogP contribution in [0.15, 0.2) is 24.3 Å². The summed E-state index contributed by atoms with van der Waals surface area (Å²) in [6.45, 7) is 1.55. The smallest absolute Gasteiger partial charge is 0.338 e. The van der Waals surface area contributed by atoms with Gasteiger partial charge in [-0.3, -0.25) is 4.79 Å². The second-order valence-corrected chi connectivity index (χ2v) is 5.61. The van der Waals surface area contributed by atoms with E-state index in [1.54, 1.807) is 6.92 Å². The molecule has 1 atom stereocenters. The first kappa shape index (κ1) is 17.0. The van der Waals surface area contributed by atoms with Crippen LogP contribution in [0.1, 0.15) is 53.3 Å². The molecular weight excluding hydrogens is 298 g/mol. The van der Waals surface area contributed by atoms with Gasteiger partial charge in [-0.2, -0.15) is 0 Å². The predicted octanol–water partition coefficient (Wildman–Crippen LogP) is 2.08. The summed E-state index contributed by atoms with van der Waals surface area (Å²) in [4.78, 5) is 35.4. The minimum absolute atomic E-state index is 0.183. The summed E-state index contributed by atoms with van der Waals surface area (Å²) in [6, 6.07) is 6.08. The SMILES string of the molecule is COC(=O)c1ccc(C(=O)O[C@@H](C)C(=O)NC2CCCC2)cc1. The summed E-state index contributed by atoms with van der Waals surface area (Å²) in [6.07, 6.45) is 3.32.